The number of aromatic nitrogens is 2. The minimum absolute atomic E-state index is 0.0543. The monoisotopic (exact) mass is 450 g/mol. The van der Waals surface area contributed by atoms with Crippen molar-refractivity contribution in [3.8, 4) is 0 Å². The lowest BCUT2D eigenvalue weighted by Gasteiger charge is -2.33. The van der Waals surface area contributed by atoms with Crippen LogP contribution in [0.3, 0.4) is 0 Å². The number of carbonyl (C=O) groups is 1. The highest BCUT2D eigenvalue weighted by atomic mass is 16.6. The van der Waals surface area contributed by atoms with Gasteiger partial charge in [0.25, 0.3) is 0 Å². The summed E-state index contributed by atoms with van der Waals surface area (Å²) in [5.74, 6) is 0. The number of benzene rings is 2. The number of para-hydroxylation sites is 2. The second-order valence-electron chi connectivity index (χ2n) is 9.82. The predicted molar refractivity (Wildman–Crippen MR) is 130 cm³/mol. The van der Waals surface area contributed by atoms with Crippen molar-refractivity contribution in [1.82, 2.24) is 19.8 Å². The van der Waals surface area contributed by atoms with Gasteiger partial charge in [0.05, 0.1) is 11.0 Å². The van der Waals surface area contributed by atoms with Crippen molar-refractivity contribution >= 4 is 17.1 Å². The second-order valence-corrected chi connectivity index (χ2v) is 9.82. The SMILES string of the molecule is CC(C)(C)OC(=O)N(CCC1CC(n2c(=O)[nH]c3ccccc32)CCN1)Cc1ccccc1. The largest absolute Gasteiger partial charge is 0.444 e. The molecule has 2 heterocycles. The van der Waals surface area contributed by atoms with Crippen LogP contribution in [0.15, 0.2) is 59.4 Å². The van der Waals surface area contributed by atoms with Gasteiger partial charge in [0.1, 0.15) is 5.60 Å². The van der Waals surface area contributed by atoms with Crippen molar-refractivity contribution in [2.75, 3.05) is 13.1 Å². The number of carbonyl (C=O) groups excluding carboxylic acids is 1. The second kappa shape index (κ2) is 9.83. The summed E-state index contributed by atoms with van der Waals surface area (Å²) in [5, 5.41) is 3.58. The van der Waals surface area contributed by atoms with Gasteiger partial charge in [-0.25, -0.2) is 9.59 Å². The highest BCUT2D eigenvalue weighted by Gasteiger charge is 2.27. The smallest absolute Gasteiger partial charge is 0.410 e. The van der Waals surface area contributed by atoms with E-state index in [1.165, 1.54) is 0 Å². The molecule has 1 aliphatic heterocycles. The predicted octanol–water partition coefficient (Wildman–Crippen LogP) is 4.45. The molecule has 0 aliphatic carbocycles. The zero-order valence-corrected chi connectivity index (χ0v) is 19.7. The number of rotatable bonds is 6. The van der Waals surface area contributed by atoms with Gasteiger partial charge in [0.2, 0.25) is 0 Å². The lowest BCUT2D eigenvalue weighted by molar-refractivity contribution is 0.0224. The number of nitrogens with one attached hydrogen (secondary N) is 2. The first-order valence-electron chi connectivity index (χ1n) is 11.7. The first kappa shape index (κ1) is 23.1. The fourth-order valence-corrected chi connectivity index (χ4v) is 4.55. The van der Waals surface area contributed by atoms with E-state index in [1.807, 2.05) is 79.9 Å². The van der Waals surface area contributed by atoms with Crippen LogP contribution in [0.4, 0.5) is 4.79 Å². The molecule has 0 spiro atoms. The molecular weight excluding hydrogens is 416 g/mol. The van der Waals surface area contributed by atoms with E-state index in [0.29, 0.717) is 13.1 Å². The standard InChI is InChI=1S/C26H34N4O3/c1-26(2,3)33-25(32)29(18-19-9-5-4-6-10-19)16-14-20-17-21(13-15-27-20)30-23-12-8-7-11-22(23)28-24(30)31/h4-12,20-21,27H,13-18H2,1-3H3,(H,28,31). The fraction of sp³-hybridized carbons (Fsp3) is 0.462. The molecule has 0 radical (unpaired) electrons. The molecule has 176 valence electrons. The van der Waals surface area contributed by atoms with Crippen LogP contribution in [0, 0.1) is 0 Å². The number of hydrogen-bond donors (Lipinski definition) is 2. The molecule has 7 nitrogen and oxygen atoms in total. The van der Waals surface area contributed by atoms with Gasteiger partial charge in [-0.2, -0.15) is 0 Å². The number of fused-ring (bicyclic) bond motifs is 1. The molecule has 2 N–H and O–H groups in total. The molecule has 1 aromatic heterocycles. The van der Waals surface area contributed by atoms with Crippen molar-refractivity contribution in [3.05, 3.63) is 70.6 Å². The molecule has 33 heavy (non-hydrogen) atoms. The molecule has 4 rings (SSSR count). The number of hydrogen-bond acceptors (Lipinski definition) is 4. The van der Waals surface area contributed by atoms with E-state index in [4.69, 9.17) is 4.74 Å². The Bertz CT molecular complexity index is 1130. The number of imidazole rings is 1. The van der Waals surface area contributed by atoms with Gasteiger partial charge >= 0.3 is 11.8 Å². The van der Waals surface area contributed by atoms with E-state index in [9.17, 15) is 9.59 Å². The molecule has 2 atom stereocenters. The Labute approximate surface area is 194 Å². The van der Waals surface area contributed by atoms with Crippen molar-refractivity contribution < 1.29 is 9.53 Å². The van der Waals surface area contributed by atoms with Gasteiger partial charge in [0, 0.05) is 25.2 Å². The summed E-state index contributed by atoms with van der Waals surface area (Å²) in [7, 11) is 0. The quantitative estimate of drug-likeness (QED) is 0.582. The Morgan fingerprint density at radius 1 is 1.12 bits per heavy atom. The van der Waals surface area contributed by atoms with Crippen LogP contribution in [0.1, 0.15) is 51.6 Å². The fourth-order valence-electron chi connectivity index (χ4n) is 4.55. The first-order chi connectivity index (χ1) is 15.8. The third-order valence-electron chi connectivity index (χ3n) is 6.07. The Balaban J connectivity index is 1.45. The molecule has 1 fully saturated rings. The van der Waals surface area contributed by atoms with Crippen molar-refractivity contribution in [2.45, 2.75) is 64.3 Å². The van der Waals surface area contributed by atoms with E-state index in [0.717, 1.165) is 42.4 Å². The Kier molecular flexibility index (Phi) is 6.88. The third kappa shape index (κ3) is 5.85. The van der Waals surface area contributed by atoms with Gasteiger partial charge < -0.3 is 19.9 Å². The van der Waals surface area contributed by atoms with Crippen LogP contribution in [-0.4, -0.2) is 45.3 Å². The Morgan fingerprint density at radius 2 is 1.85 bits per heavy atom. The van der Waals surface area contributed by atoms with Gasteiger partial charge in [-0.05, 0) is 64.3 Å². The summed E-state index contributed by atoms with van der Waals surface area (Å²) in [6, 6.07) is 18.2. The molecule has 0 saturated carbocycles. The molecule has 0 bridgehead atoms. The zero-order valence-electron chi connectivity index (χ0n) is 19.7. The minimum Gasteiger partial charge on any atom is -0.444 e. The van der Waals surface area contributed by atoms with Crippen LogP contribution in [-0.2, 0) is 11.3 Å². The Hall–Kier alpha value is -3.06. The van der Waals surface area contributed by atoms with Crippen LogP contribution in [0.2, 0.25) is 0 Å². The zero-order chi connectivity index (χ0) is 23.4. The number of ether oxygens (including phenoxy) is 1. The van der Waals surface area contributed by atoms with Crippen LogP contribution in [0.25, 0.3) is 11.0 Å². The average molecular weight is 451 g/mol. The number of H-pyrrole nitrogens is 1. The maximum absolute atomic E-state index is 12.9. The lowest BCUT2D eigenvalue weighted by Crippen LogP contribution is -2.44. The summed E-state index contributed by atoms with van der Waals surface area (Å²) < 4.78 is 7.57. The number of aromatic amines is 1. The van der Waals surface area contributed by atoms with Gasteiger partial charge in [-0.3, -0.25) is 4.57 Å². The van der Waals surface area contributed by atoms with Crippen molar-refractivity contribution in [1.29, 1.82) is 0 Å². The lowest BCUT2D eigenvalue weighted by atomic mass is 9.96. The normalized spacial score (nSPS) is 18.9. The van der Waals surface area contributed by atoms with Gasteiger partial charge in [-0.1, -0.05) is 42.5 Å². The molecule has 1 saturated heterocycles. The van der Waals surface area contributed by atoms with Gasteiger partial charge in [0.15, 0.2) is 0 Å². The number of amides is 1. The van der Waals surface area contributed by atoms with Crippen LogP contribution >= 0.6 is 0 Å². The molecule has 7 heteroatoms. The van der Waals surface area contributed by atoms with E-state index < -0.39 is 5.60 Å². The maximum Gasteiger partial charge on any atom is 0.410 e. The van der Waals surface area contributed by atoms with Crippen molar-refractivity contribution in [3.63, 3.8) is 0 Å². The summed E-state index contributed by atoms with van der Waals surface area (Å²) in [6.07, 6.45) is 2.24. The number of nitrogens with zero attached hydrogens (tertiary/aromatic N) is 2. The molecule has 1 amide bonds. The van der Waals surface area contributed by atoms with E-state index >= 15 is 0 Å². The van der Waals surface area contributed by atoms with E-state index in [-0.39, 0.29) is 23.9 Å². The average Bonchev–Trinajstić information content (AvgIpc) is 3.12. The highest BCUT2D eigenvalue weighted by Crippen LogP contribution is 2.26. The minimum atomic E-state index is -0.545. The number of piperidine rings is 1. The Morgan fingerprint density at radius 3 is 2.61 bits per heavy atom. The highest BCUT2D eigenvalue weighted by molar-refractivity contribution is 5.75. The van der Waals surface area contributed by atoms with Crippen LogP contribution in [0.5, 0.6) is 0 Å². The maximum atomic E-state index is 12.9. The van der Waals surface area contributed by atoms with Crippen molar-refractivity contribution in [2.24, 2.45) is 0 Å². The summed E-state index contributed by atoms with van der Waals surface area (Å²) >= 11 is 0. The van der Waals surface area contributed by atoms with Gasteiger partial charge in [-0.15, -0.1) is 0 Å². The molecule has 2 unspecified atom stereocenters. The summed E-state index contributed by atoms with van der Waals surface area (Å²) in [5.41, 5.74) is 2.30. The first-order valence-corrected chi connectivity index (χ1v) is 11.7. The molecule has 3 aromatic rings. The van der Waals surface area contributed by atoms with E-state index in [1.54, 1.807) is 4.90 Å². The topological polar surface area (TPSA) is 79.4 Å². The summed E-state index contributed by atoms with van der Waals surface area (Å²) in [4.78, 5) is 30.3. The summed E-state index contributed by atoms with van der Waals surface area (Å²) in [6.45, 7) is 7.59. The molecule has 1 aliphatic rings. The molecule has 2 aromatic carbocycles. The van der Waals surface area contributed by atoms with E-state index in [2.05, 4.69) is 10.3 Å². The molecular formula is C26H34N4O3. The van der Waals surface area contributed by atoms with Crippen LogP contribution < -0.4 is 11.0 Å². The third-order valence-corrected chi connectivity index (χ3v) is 6.07.